The van der Waals surface area contributed by atoms with Gasteiger partial charge < -0.3 is 19.8 Å². The van der Waals surface area contributed by atoms with Gasteiger partial charge in [0.25, 0.3) is 5.78 Å². The van der Waals surface area contributed by atoms with Crippen molar-refractivity contribution in [3.8, 4) is 17.5 Å². The molecule has 0 amide bonds. The molecule has 0 radical (unpaired) electrons. The average Bonchev–Trinajstić information content (AvgIpc) is 3.62. The molecule has 2 atom stereocenters. The first-order valence-electron chi connectivity index (χ1n) is 12.6. The summed E-state index contributed by atoms with van der Waals surface area (Å²) in [5.74, 6) is 3.45. The van der Waals surface area contributed by atoms with Gasteiger partial charge in [-0.2, -0.15) is 19.5 Å². The van der Waals surface area contributed by atoms with E-state index in [0.29, 0.717) is 47.8 Å². The number of benzene rings is 1. The van der Waals surface area contributed by atoms with E-state index in [2.05, 4.69) is 47.0 Å². The van der Waals surface area contributed by atoms with Gasteiger partial charge in [0, 0.05) is 55.8 Å². The Morgan fingerprint density at radius 3 is 2.81 bits per heavy atom. The van der Waals surface area contributed by atoms with Crippen LogP contribution in [-0.4, -0.2) is 73.3 Å². The van der Waals surface area contributed by atoms with Crippen LogP contribution in [0.5, 0.6) is 5.88 Å². The van der Waals surface area contributed by atoms with Gasteiger partial charge in [-0.05, 0) is 30.4 Å². The van der Waals surface area contributed by atoms with E-state index < -0.39 is 0 Å². The van der Waals surface area contributed by atoms with E-state index in [0.717, 1.165) is 49.8 Å². The molecule has 0 saturated carbocycles. The van der Waals surface area contributed by atoms with E-state index in [1.807, 2.05) is 24.4 Å². The standard InChI is InChI=1S/C26H27N9O2/c27-24-30-25(31-26-29-23(32-35(24)26)21-6-3-11-36-21)34-10-9-33-14-17(7-8-20(33)15-34)16-37-22-12-18-4-1-2-5-19(18)13-28-22/h1-6,11-13,17,20H,7-10,14-16H2,(H2,27,29,30,31,32)/t17-,20-/m0/s1. The van der Waals surface area contributed by atoms with Crippen LogP contribution in [0.4, 0.5) is 11.9 Å². The van der Waals surface area contributed by atoms with E-state index in [4.69, 9.17) is 14.9 Å². The highest BCUT2D eigenvalue weighted by Gasteiger charge is 2.34. The summed E-state index contributed by atoms with van der Waals surface area (Å²) >= 11 is 0. The minimum atomic E-state index is 0.260. The van der Waals surface area contributed by atoms with Crippen molar-refractivity contribution in [2.45, 2.75) is 18.9 Å². The largest absolute Gasteiger partial charge is 0.477 e. The summed E-state index contributed by atoms with van der Waals surface area (Å²) < 4.78 is 13.0. The van der Waals surface area contributed by atoms with Gasteiger partial charge in [0.15, 0.2) is 5.76 Å². The van der Waals surface area contributed by atoms with Crippen molar-refractivity contribution in [2.24, 2.45) is 5.92 Å². The van der Waals surface area contributed by atoms with Crippen LogP contribution in [0.3, 0.4) is 0 Å². The van der Waals surface area contributed by atoms with Crippen molar-refractivity contribution in [2.75, 3.05) is 43.4 Å². The van der Waals surface area contributed by atoms with Gasteiger partial charge >= 0.3 is 0 Å². The lowest BCUT2D eigenvalue weighted by atomic mass is 9.91. The summed E-state index contributed by atoms with van der Waals surface area (Å²) in [7, 11) is 0. The highest BCUT2D eigenvalue weighted by molar-refractivity contribution is 5.82. The minimum absolute atomic E-state index is 0.260. The number of furan rings is 1. The van der Waals surface area contributed by atoms with Gasteiger partial charge in [-0.25, -0.2) is 4.98 Å². The van der Waals surface area contributed by atoms with Crippen LogP contribution in [0.15, 0.2) is 59.3 Å². The number of piperidine rings is 1. The smallest absolute Gasteiger partial charge is 0.259 e. The molecular weight excluding hydrogens is 470 g/mol. The fraction of sp³-hybridized carbons (Fsp3) is 0.346. The summed E-state index contributed by atoms with van der Waals surface area (Å²) in [6, 6.07) is 14.3. The predicted molar refractivity (Wildman–Crippen MR) is 138 cm³/mol. The molecule has 7 rings (SSSR count). The van der Waals surface area contributed by atoms with Crippen LogP contribution in [-0.2, 0) is 0 Å². The lowest BCUT2D eigenvalue weighted by Crippen LogP contribution is -2.57. The topological polar surface area (TPSA) is 124 Å². The third-order valence-electron chi connectivity index (χ3n) is 7.32. The molecule has 37 heavy (non-hydrogen) atoms. The van der Waals surface area contributed by atoms with Gasteiger partial charge in [0.2, 0.25) is 23.6 Å². The number of aromatic nitrogens is 6. The number of piperazine rings is 1. The normalized spacial score (nSPS) is 20.4. The molecule has 11 nitrogen and oxygen atoms in total. The molecule has 0 aliphatic carbocycles. The number of ether oxygens (including phenoxy) is 1. The lowest BCUT2D eigenvalue weighted by molar-refractivity contribution is 0.0716. The predicted octanol–water partition coefficient (Wildman–Crippen LogP) is 2.89. The van der Waals surface area contributed by atoms with Gasteiger partial charge in [0.1, 0.15) is 0 Å². The van der Waals surface area contributed by atoms with Crippen molar-refractivity contribution in [3.05, 3.63) is 54.9 Å². The zero-order valence-corrected chi connectivity index (χ0v) is 20.3. The Labute approximate surface area is 212 Å². The second kappa shape index (κ2) is 9.00. The number of nitrogens with two attached hydrogens (primary N) is 1. The zero-order valence-electron chi connectivity index (χ0n) is 20.3. The number of hydrogen-bond acceptors (Lipinski definition) is 10. The van der Waals surface area contributed by atoms with Gasteiger partial charge in [-0.15, -0.1) is 5.10 Å². The molecule has 5 aromatic rings. The Morgan fingerprint density at radius 1 is 1.00 bits per heavy atom. The second-order valence-electron chi connectivity index (χ2n) is 9.73. The molecule has 0 spiro atoms. The number of nitrogens with zero attached hydrogens (tertiary/aromatic N) is 8. The van der Waals surface area contributed by atoms with E-state index in [9.17, 15) is 0 Å². The summed E-state index contributed by atoms with van der Waals surface area (Å²) in [5, 5.41) is 6.66. The number of fused-ring (bicyclic) bond motifs is 3. The highest BCUT2D eigenvalue weighted by atomic mass is 16.5. The molecule has 0 bridgehead atoms. The first kappa shape index (κ1) is 22.0. The first-order valence-corrected chi connectivity index (χ1v) is 12.6. The van der Waals surface area contributed by atoms with Crippen molar-refractivity contribution in [3.63, 3.8) is 0 Å². The molecule has 11 heteroatoms. The third kappa shape index (κ3) is 4.20. The molecule has 6 heterocycles. The number of rotatable bonds is 5. The van der Waals surface area contributed by atoms with Crippen molar-refractivity contribution >= 4 is 28.4 Å². The molecular formula is C26H27N9O2. The Hall–Kier alpha value is -4.25. The Kier molecular flexibility index (Phi) is 5.35. The quantitative estimate of drug-likeness (QED) is 0.388. The number of pyridine rings is 1. The van der Waals surface area contributed by atoms with Gasteiger partial charge in [0.05, 0.1) is 12.9 Å². The molecule has 1 aromatic carbocycles. The summed E-state index contributed by atoms with van der Waals surface area (Å²) in [6.45, 7) is 4.32. The first-order chi connectivity index (χ1) is 18.2. The highest BCUT2D eigenvalue weighted by Crippen LogP contribution is 2.28. The van der Waals surface area contributed by atoms with E-state index in [-0.39, 0.29) is 5.95 Å². The van der Waals surface area contributed by atoms with Crippen LogP contribution in [0, 0.1) is 5.92 Å². The van der Waals surface area contributed by atoms with Crippen LogP contribution in [0.2, 0.25) is 0 Å². The Bertz CT molecular complexity index is 1550. The number of hydrogen-bond donors (Lipinski definition) is 1. The maximum atomic E-state index is 6.21. The van der Waals surface area contributed by atoms with Gasteiger partial charge in [-0.3, -0.25) is 4.90 Å². The van der Waals surface area contributed by atoms with Gasteiger partial charge in [-0.1, -0.05) is 24.3 Å². The summed E-state index contributed by atoms with van der Waals surface area (Å²) in [4.78, 5) is 22.9. The SMILES string of the molecule is Nc1nc(N2CCN3C[C@@H](COc4cc5ccccc5cn4)CC[C@H]3C2)nc2nc(-c3ccco3)nn12. The zero-order chi connectivity index (χ0) is 24.8. The maximum Gasteiger partial charge on any atom is 0.259 e. The molecule has 2 aliphatic rings. The molecule has 0 unspecified atom stereocenters. The molecule has 188 valence electrons. The van der Waals surface area contributed by atoms with Crippen molar-refractivity contribution < 1.29 is 9.15 Å². The number of nitrogen functional groups attached to an aromatic ring is 1. The van der Waals surface area contributed by atoms with Crippen LogP contribution >= 0.6 is 0 Å². The fourth-order valence-electron chi connectivity index (χ4n) is 5.37. The van der Waals surface area contributed by atoms with Crippen molar-refractivity contribution in [1.82, 2.24) is 34.4 Å². The second-order valence-corrected chi connectivity index (χ2v) is 9.73. The van der Waals surface area contributed by atoms with Crippen LogP contribution < -0.4 is 15.4 Å². The third-order valence-corrected chi connectivity index (χ3v) is 7.32. The monoisotopic (exact) mass is 497 g/mol. The van der Waals surface area contributed by atoms with E-state index >= 15 is 0 Å². The molecule has 2 fully saturated rings. The van der Waals surface area contributed by atoms with Crippen LogP contribution in [0.1, 0.15) is 12.8 Å². The molecule has 2 saturated heterocycles. The summed E-state index contributed by atoms with van der Waals surface area (Å²) in [6.07, 6.45) is 5.68. The van der Waals surface area contributed by atoms with E-state index in [1.165, 1.54) is 4.52 Å². The summed E-state index contributed by atoms with van der Waals surface area (Å²) in [5.41, 5.74) is 6.21. The molecule has 4 aromatic heterocycles. The Balaban J connectivity index is 0.996. The average molecular weight is 498 g/mol. The molecule has 2 aliphatic heterocycles. The lowest BCUT2D eigenvalue weighted by Gasteiger charge is -2.46. The molecule has 2 N–H and O–H groups in total. The fourth-order valence-corrected chi connectivity index (χ4v) is 5.37. The van der Waals surface area contributed by atoms with Crippen molar-refractivity contribution in [1.29, 1.82) is 0 Å². The maximum absolute atomic E-state index is 6.21. The van der Waals surface area contributed by atoms with Crippen LogP contribution in [0.25, 0.3) is 28.1 Å². The number of anilines is 2. The Morgan fingerprint density at radius 2 is 1.92 bits per heavy atom. The minimum Gasteiger partial charge on any atom is -0.477 e. The van der Waals surface area contributed by atoms with E-state index in [1.54, 1.807) is 18.4 Å².